The van der Waals surface area contributed by atoms with Gasteiger partial charge in [-0.3, -0.25) is 10.1 Å². The van der Waals surface area contributed by atoms with Crippen LogP contribution >= 0.6 is 0 Å². The van der Waals surface area contributed by atoms with Crippen LogP contribution in [0, 0.1) is 10.1 Å². The van der Waals surface area contributed by atoms with Gasteiger partial charge < -0.3 is 9.84 Å². The van der Waals surface area contributed by atoms with E-state index in [0.717, 1.165) is 0 Å². The summed E-state index contributed by atoms with van der Waals surface area (Å²) in [6.07, 6.45) is -1.65. The third kappa shape index (κ3) is 4.26. The Bertz CT molecular complexity index is 157. The monoisotopic (exact) mass is 163 g/mol. The van der Waals surface area contributed by atoms with Gasteiger partial charge in [-0.2, -0.15) is 0 Å². The molecule has 0 radical (unpaired) electrons. The standard InChI is InChI=1S/C5H9NO5/c1-2-11-5(8)4(7)3-6(9)10/h4,7H,2-3H2,1H3/t4-/m0/s1. The predicted molar refractivity (Wildman–Crippen MR) is 34.5 cm³/mol. The van der Waals surface area contributed by atoms with Crippen molar-refractivity contribution in [3.63, 3.8) is 0 Å². The maximum atomic E-state index is 10.5. The van der Waals surface area contributed by atoms with E-state index in [9.17, 15) is 14.9 Å². The minimum absolute atomic E-state index is 0.105. The molecule has 0 heterocycles. The zero-order valence-electron chi connectivity index (χ0n) is 6.02. The molecule has 0 amide bonds. The summed E-state index contributed by atoms with van der Waals surface area (Å²) in [5.74, 6) is -0.954. The number of aliphatic hydroxyl groups is 1. The Morgan fingerprint density at radius 1 is 1.82 bits per heavy atom. The molecule has 0 aliphatic heterocycles. The van der Waals surface area contributed by atoms with Crippen LogP contribution in [0.3, 0.4) is 0 Å². The average Bonchev–Trinajstić information content (AvgIpc) is 1.86. The van der Waals surface area contributed by atoms with Crippen LogP contribution in [0.1, 0.15) is 6.92 Å². The first-order valence-corrected chi connectivity index (χ1v) is 3.04. The number of rotatable bonds is 4. The lowest BCUT2D eigenvalue weighted by Crippen LogP contribution is -2.30. The van der Waals surface area contributed by atoms with Crippen molar-refractivity contribution in [2.24, 2.45) is 0 Å². The molecule has 0 spiro atoms. The molecule has 0 unspecified atom stereocenters. The first-order chi connectivity index (χ1) is 5.07. The van der Waals surface area contributed by atoms with Gasteiger partial charge in [-0.15, -0.1) is 0 Å². The largest absolute Gasteiger partial charge is 0.464 e. The fourth-order valence-corrected chi connectivity index (χ4v) is 0.454. The Kier molecular flexibility index (Phi) is 4.12. The molecule has 0 aliphatic rings. The SMILES string of the molecule is CCOC(=O)[C@@H](O)C[N+](=O)[O-]. The van der Waals surface area contributed by atoms with E-state index in [0.29, 0.717) is 0 Å². The van der Waals surface area contributed by atoms with E-state index in [-0.39, 0.29) is 6.61 Å². The highest BCUT2D eigenvalue weighted by Crippen LogP contribution is 1.88. The van der Waals surface area contributed by atoms with E-state index in [4.69, 9.17) is 5.11 Å². The van der Waals surface area contributed by atoms with E-state index in [1.54, 1.807) is 6.92 Å². The molecule has 0 saturated carbocycles. The number of hydrogen-bond donors (Lipinski definition) is 1. The van der Waals surface area contributed by atoms with Crippen molar-refractivity contribution >= 4 is 5.97 Å². The molecule has 1 N–H and O–H groups in total. The predicted octanol–water partition coefficient (Wildman–Crippen LogP) is -0.813. The minimum Gasteiger partial charge on any atom is -0.464 e. The molecule has 1 atom stereocenters. The number of esters is 1. The number of hydrogen-bond acceptors (Lipinski definition) is 5. The van der Waals surface area contributed by atoms with Crippen LogP contribution in [0.2, 0.25) is 0 Å². The van der Waals surface area contributed by atoms with Crippen molar-refractivity contribution in [2.45, 2.75) is 13.0 Å². The highest BCUT2D eigenvalue weighted by Gasteiger charge is 2.21. The molecule has 0 aromatic carbocycles. The number of aliphatic hydroxyl groups excluding tert-OH is 1. The number of ether oxygens (including phenoxy) is 1. The molecule has 0 rings (SSSR count). The summed E-state index contributed by atoms with van der Waals surface area (Å²) in [5.41, 5.74) is 0. The van der Waals surface area contributed by atoms with Gasteiger partial charge >= 0.3 is 5.97 Å². The van der Waals surface area contributed by atoms with Gasteiger partial charge in [0.2, 0.25) is 12.6 Å². The molecular formula is C5H9NO5. The number of nitrogens with zero attached hydrogens (tertiary/aromatic N) is 1. The summed E-state index contributed by atoms with van der Waals surface area (Å²) in [6.45, 7) is 0.850. The van der Waals surface area contributed by atoms with Crippen LogP contribution in [0.15, 0.2) is 0 Å². The summed E-state index contributed by atoms with van der Waals surface area (Å²) in [7, 11) is 0. The maximum Gasteiger partial charge on any atom is 0.341 e. The molecule has 6 nitrogen and oxygen atoms in total. The molecule has 64 valence electrons. The summed E-state index contributed by atoms with van der Waals surface area (Å²) >= 11 is 0. The Morgan fingerprint density at radius 3 is 2.73 bits per heavy atom. The highest BCUT2D eigenvalue weighted by atomic mass is 16.6. The molecule has 0 aromatic heterocycles. The van der Waals surface area contributed by atoms with Gasteiger partial charge in [0.25, 0.3) is 0 Å². The third-order valence-electron chi connectivity index (χ3n) is 0.881. The summed E-state index contributed by atoms with van der Waals surface area (Å²) in [5, 5.41) is 18.5. The second-order valence-corrected chi connectivity index (χ2v) is 1.78. The zero-order chi connectivity index (χ0) is 8.85. The fourth-order valence-electron chi connectivity index (χ4n) is 0.454. The van der Waals surface area contributed by atoms with Crippen LogP contribution in [0.25, 0.3) is 0 Å². The lowest BCUT2D eigenvalue weighted by atomic mass is 10.4. The van der Waals surface area contributed by atoms with Gasteiger partial charge in [-0.05, 0) is 6.92 Å². The number of carbonyl (C=O) groups is 1. The van der Waals surface area contributed by atoms with Crippen LogP contribution in [0.5, 0.6) is 0 Å². The van der Waals surface area contributed by atoms with Crippen molar-refractivity contribution < 1.29 is 19.6 Å². The van der Waals surface area contributed by atoms with Gasteiger partial charge in [-0.1, -0.05) is 0 Å². The Balaban J connectivity index is 3.73. The summed E-state index contributed by atoms with van der Waals surface area (Å²) in [4.78, 5) is 19.5. The normalized spacial score (nSPS) is 12.2. The van der Waals surface area contributed by atoms with Gasteiger partial charge in [0, 0.05) is 4.92 Å². The van der Waals surface area contributed by atoms with Gasteiger partial charge in [-0.25, -0.2) is 4.79 Å². The summed E-state index contributed by atoms with van der Waals surface area (Å²) in [6, 6.07) is 0. The van der Waals surface area contributed by atoms with E-state index < -0.39 is 23.5 Å². The topological polar surface area (TPSA) is 89.7 Å². The smallest absolute Gasteiger partial charge is 0.341 e. The fraction of sp³-hybridized carbons (Fsp3) is 0.800. The van der Waals surface area contributed by atoms with Crippen molar-refractivity contribution in [3.05, 3.63) is 10.1 Å². The van der Waals surface area contributed by atoms with Crippen molar-refractivity contribution in [3.8, 4) is 0 Å². The van der Waals surface area contributed by atoms with Crippen LogP contribution < -0.4 is 0 Å². The van der Waals surface area contributed by atoms with Gasteiger partial charge in [0.15, 0.2) is 0 Å². The third-order valence-corrected chi connectivity index (χ3v) is 0.881. The molecular weight excluding hydrogens is 154 g/mol. The average molecular weight is 163 g/mol. The van der Waals surface area contributed by atoms with Crippen LogP contribution in [-0.4, -0.2) is 35.3 Å². The Hall–Kier alpha value is -1.17. The number of nitro groups is 1. The quantitative estimate of drug-likeness (QED) is 0.332. The van der Waals surface area contributed by atoms with Gasteiger partial charge in [0.1, 0.15) is 0 Å². The number of carbonyl (C=O) groups excluding carboxylic acids is 1. The first kappa shape index (κ1) is 9.83. The highest BCUT2D eigenvalue weighted by molar-refractivity contribution is 5.74. The first-order valence-electron chi connectivity index (χ1n) is 3.04. The lowest BCUT2D eigenvalue weighted by Gasteiger charge is -2.03. The molecule has 0 aliphatic carbocycles. The minimum atomic E-state index is -1.65. The Labute approximate surface area is 62.9 Å². The van der Waals surface area contributed by atoms with E-state index in [1.165, 1.54) is 0 Å². The van der Waals surface area contributed by atoms with Gasteiger partial charge in [0.05, 0.1) is 6.61 Å². The second kappa shape index (κ2) is 4.62. The van der Waals surface area contributed by atoms with Crippen LogP contribution in [-0.2, 0) is 9.53 Å². The second-order valence-electron chi connectivity index (χ2n) is 1.78. The summed E-state index contributed by atoms with van der Waals surface area (Å²) < 4.78 is 4.31. The van der Waals surface area contributed by atoms with Crippen LogP contribution in [0.4, 0.5) is 0 Å². The molecule has 0 bridgehead atoms. The maximum absolute atomic E-state index is 10.5. The van der Waals surface area contributed by atoms with E-state index in [2.05, 4.69) is 4.74 Å². The van der Waals surface area contributed by atoms with Crippen molar-refractivity contribution in [1.29, 1.82) is 0 Å². The molecule has 0 aromatic rings. The molecule has 0 fully saturated rings. The van der Waals surface area contributed by atoms with Crippen molar-refractivity contribution in [2.75, 3.05) is 13.2 Å². The Morgan fingerprint density at radius 2 is 2.36 bits per heavy atom. The van der Waals surface area contributed by atoms with Crippen molar-refractivity contribution in [1.82, 2.24) is 0 Å². The van der Waals surface area contributed by atoms with E-state index >= 15 is 0 Å². The van der Waals surface area contributed by atoms with E-state index in [1.807, 2.05) is 0 Å². The lowest BCUT2D eigenvalue weighted by molar-refractivity contribution is -0.488. The zero-order valence-corrected chi connectivity index (χ0v) is 6.02. The molecule has 11 heavy (non-hydrogen) atoms. The molecule has 6 heteroatoms. The molecule has 0 saturated heterocycles.